The Hall–Kier alpha value is -0.680. The van der Waals surface area contributed by atoms with Crippen LogP contribution in [0.4, 0.5) is 5.13 Å². The van der Waals surface area contributed by atoms with E-state index in [0.29, 0.717) is 17.9 Å². The molecule has 108 valence electrons. The maximum absolute atomic E-state index is 10.6. The Balaban J connectivity index is 1.87. The first-order valence-corrected chi connectivity index (χ1v) is 7.87. The molecule has 0 radical (unpaired) electrons. The Labute approximate surface area is 119 Å². The Morgan fingerprint density at radius 2 is 1.89 bits per heavy atom. The highest BCUT2D eigenvalue weighted by Gasteiger charge is 2.36. The van der Waals surface area contributed by atoms with Gasteiger partial charge in [0, 0.05) is 24.0 Å². The maximum atomic E-state index is 10.6. The number of hydrogen-bond acceptors (Lipinski definition) is 5. The van der Waals surface area contributed by atoms with E-state index in [4.69, 9.17) is 0 Å². The second-order valence-electron chi connectivity index (χ2n) is 6.85. The lowest BCUT2D eigenvalue weighted by Crippen LogP contribution is -2.42. The highest BCUT2D eigenvalue weighted by molar-refractivity contribution is 7.09. The lowest BCUT2D eigenvalue weighted by Gasteiger charge is -2.40. The van der Waals surface area contributed by atoms with Gasteiger partial charge in [-0.3, -0.25) is 0 Å². The van der Waals surface area contributed by atoms with Gasteiger partial charge < -0.3 is 10.4 Å². The summed E-state index contributed by atoms with van der Waals surface area (Å²) >= 11 is 1.38. The van der Waals surface area contributed by atoms with Crippen molar-refractivity contribution in [3.05, 3.63) is 5.82 Å². The standard InChI is InChI=1S/C14H25N3OS/c1-10(2)11-16-12(19-17-11)15-9-14(18)7-5-13(3,4)6-8-14/h10,18H,5-9H2,1-4H3,(H,15,16,17). The fourth-order valence-corrected chi connectivity index (χ4v) is 3.05. The quantitative estimate of drug-likeness (QED) is 0.889. The van der Waals surface area contributed by atoms with Gasteiger partial charge in [0.2, 0.25) is 5.13 Å². The molecule has 2 rings (SSSR count). The molecule has 1 fully saturated rings. The molecule has 0 unspecified atom stereocenters. The van der Waals surface area contributed by atoms with Crippen LogP contribution in [0.1, 0.15) is 65.1 Å². The normalized spacial score (nSPS) is 21.6. The molecule has 0 atom stereocenters. The van der Waals surface area contributed by atoms with Crippen molar-refractivity contribution in [2.45, 2.75) is 64.9 Å². The van der Waals surface area contributed by atoms with Crippen molar-refractivity contribution in [1.29, 1.82) is 0 Å². The molecule has 1 aromatic heterocycles. The van der Waals surface area contributed by atoms with Gasteiger partial charge in [0.05, 0.1) is 5.60 Å². The Kier molecular flexibility index (Phi) is 4.16. The van der Waals surface area contributed by atoms with Crippen molar-refractivity contribution in [2.75, 3.05) is 11.9 Å². The summed E-state index contributed by atoms with van der Waals surface area (Å²) < 4.78 is 4.31. The smallest absolute Gasteiger partial charge is 0.202 e. The van der Waals surface area contributed by atoms with Gasteiger partial charge in [-0.25, -0.2) is 4.98 Å². The second-order valence-corrected chi connectivity index (χ2v) is 7.61. The summed E-state index contributed by atoms with van der Waals surface area (Å²) in [7, 11) is 0. The minimum absolute atomic E-state index is 0.352. The predicted octanol–water partition coefficient (Wildman–Crippen LogP) is 3.40. The van der Waals surface area contributed by atoms with E-state index < -0.39 is 5.60 Å². The molecule has 1 aromatic rings. The molecule has 0 saturated heterocycles. The zero-order chi connectivity index (χ0) is 14.1. The zero-order valence-electron chi connectivity index (χ0n) is 12.4. The van der Waals surface area contributed by atoms with Crippen LogP contribution in [0, 0.1) is 5.41 Å². The molecule has 5 heteroatoms. The molecular weight excluding hydrogens is 258 g/mol. The van der Waals surface area contributed by atoms with E-state index in [1.807, 2.05) is 0 Å². The van der Waals surface area contributed by atoms with E-state index in [1.165, 1.54) is 11.5 Å². The van der Waals surface area contributed by atoms with Gasteiger partial charge in [-0.05, 0) is 31.1 Å². The van der Waals surface area contributed by atoms with E-state index >= 15 is 0 Å². The van der Waals surface area contributed by atoms with Crippen molar-refractivity contribution in [1.82, 2.24) is 9.36 Å². The van der Waals surface area contributed by atoms with Crippen LogP contribution in [0.25, 0.3) is 0 Å². The predicted molar refractivity (Wildman–Crippen MR) is 79.7 cm³/mol. The SMILES string of the molecule is CC(C)c1nsc(NCC2(O)CCC(C)(C)CC2)n1. The Morgan fingerprint density at radius 3 is 2.42 bits per heavy atom. The molecular formula is C14H25N3OS. The molecule has 1 saturated carbocycles. The molecule has 2 N–H and O–H groups in total. The van der Waals surface area contributed by atoms with Crippen LogP contribution >= 0.6 is 11.5 Å². The van der Waals surface area contributed by atoms with Crippen molar-refractivity contribution in [3.8, 4) is 0 Å². The van der Waals surface area contributed by atoms with Gasteiger partial charge in [0.25, 0.3) is 0 Å². The number of anilines is 1. The largest absolute Gasteiger partial charge is 0.388 e. The third-order valence-corrected chi connectivity index (χ3v) is 4.75. The first-order valence-electron chi connectivity index (χ1n) is 7.10. The Morgan fingerprint density at radius 1 is 1.26 bits per heavy atom. The lowest BCUT2D eigenvalue weighted by molar-refractivity contribution is -0.0145. The summed E-state index contributed by atoms with van der Waals surface area (Å²) in [6.45, 7) is 9.31. The van der Waals surface area contributed by atoms with Gasteiger partial charge in [-0.1, -0.05) is 27.7 Å². The third kappa shape index (κ3) is 3.89. The van der Waals surface area contributed by atoms with Gasteiger partial charge >= 0.3 is 0 Å². The summed E-state index contributed by atoms with van der Waals surface area (Å²) in [5.41, 5.74) is -0.209. The van der Waals surface area contributed by atoms with Gasteiger partial charge in [0.1, 0.15) is 5.82 Å². The summed E-state index contributed by atoms with van der Waals surface area (Å²) in [6.07, 6.45) is 3.89. The molecule has 1 heterocycles. The number of aliphatic hydroxyl groups is 1. The van der Waals surface area contributed by atoms with Crippen LogP contribution in [-0.2, 0) is 0 Å². The molecule has 0 bridgehead atoms. The van der Waals surface area contributed by atoms with Gasteiger partial charge in [-0.2, -0.15) is 4.37 Å². The topological polar surface area (TPSA) is 58.0 Å². The van der Waals surface area contributed by atoms with E-state index in [1.54, 1.807) is 0 Å². The molecule has 0 spiro atoms. The van der Waals surface area contributed by atoms with Crippen LogP contribution in [0.5, 0.6) is 0 Å². The number of aromatic nitrogens is 2. The zero-order valence-corrected chi connectivity index (χ0v) is 13.2. The number of rotatable bonds is 4. The minimum Gasteiger partial charge on any atom is -0.388 e. The average Bonchev–Trinajstić information content (AvgIpc) is 2.80. The number of hydrogen-bond donors (Lipinski definition) is 2. The fourth-order valence-electron chi connectivity index (χ4n) is 2.35. The first kappa shape index (κ1) is 14.7. The van der Waals surface area contributed by atoms with Crippen LogP contribution in [-0.4, -0.2) is 26.6 Å². The van der Waals surface area contributed by atoms with Crippen LogP contribution in [0.15, 0.2) is 0 Å². The van der Waals surface area contributed by atoms with Crippen LogP contribution < -0.4 is 5.32 Å². The van der Waals surface area contributed by atoms with Crippen molar-refractivity contribution in [2.24, 2.45) is 5.41 Å². The highest BCUT2D eigenvalue weighted by atomic mass is 32.1. The van der Waals surface area contributed by atoms with Crippen LogP contribution in [0.2, 0.25) is 0 Å². The molecule has 19 heavy (non-hydrogen) atoms. The van der Waals surface area contributed by atoms with Crippen LogP contribution in [0.3, 0.4) is 0 Å². The minimum atomic E-state index is -0.584. The second kappa shape index (κ2) is 5.37. The van der Waals surface area contributed by atoms with Gasteiger partial charge in [0.15, 0.2) is 0 Å². The molecule has 0 amide bonds. The number of nitrogens with zero attached hydrogens (tertiary/aromatic N) is 2. The number of nitrogens with one attached hydrogen (secondary N) is 1. The fraction of sp³-hybridized carbons (Fsp3) is 0.857. The summed E-state index contributed by atoms with van der Waals surface area (Å²) in [4.78, 5) is 4.44. The van der Waals surface area contributed by atoms with Crippen molar-refractivity contribution < 1.29 is 5.11 Å². The lowest BCUT2D eigenvalue weighted by atomic mass is 9.71. The molecule has 1 aliphatic rings. The highest BCUT2D eigenvalue weighted by Crippen LogP contribution is 2.40. The van der Waals surface area contributed by atoms with E-state index in [0.717, 1.165) is 36.6 Å². The van der Waals surface area contributed by atoms with E-state index in [-0.39, 0.29) is 0 Å². The van der Waals surface area contributed by atoms with E-state index in [2.05, 4.69) is 42.4 Å². The third-order valence-electron chi connectivity index (χ3n) is 4.06. The maximum Gasteiger partial charge on any atom is 0.202 e. The van der Waals surface area contributed by atoms with Crippen molar-refractivity contribution >= 4 is 16.7 Å². The summed E-state index contributed by atoms with van der Waals surface area (Å²) in [5.74, 6) is 1.23. The van der Waals surface area contributed by atoms with E-state index in [9.17, 15) is 5.11 Å². The monoisotopic (exact) mass is 283 g/mol. The Bertz CT molecular complexity index is 418. The molecule has 0 aromatic carbocycles. The van der Waals surface area contributed by atoms with Crippen molar-refractivity contribution in [3.63, 3.8) is 0 Å². The summed E-state index contributed by atoms with van der Waals surface area (Å²) in [6, 6.07) is 0. The molecule has 4 nitrogen and oxygen atoms in total. The van der Waals surface area contributed by atoms with Gasteiger partial charge in [-0.15, -0.1) is 0 Å². The average molecular weight is 283 g/mol. The summed E-state index contributed by atoms with van der Waals surface area (Å²) in [5, 5.41) is 14.6. The molecule has 0 aliphatic heterocycles. The molecule has 1 aliphatic carbocycles. The first-order chi connectivity index (χ1) is 8.80.